The fraction of sp³-hybridized carbons (Fsp3) is 0.0667. The lowest BCUT2D eigenvalue weighted by atomic mass is 10.3. The van der Waals surface area contributed by atoms with Crippen molar-refractivity contribution in [2.75, 3.05) is 0 Å². The molecule has 4 nitrogen and oxygen atoms in total. The van der Waals surface area contributed by atoms with E-state index in [4.69, 9.17) is 11.6 Å². The number of nitrogens with zero attached hydrogens (tertiary/aromatic N) is 2. The van der Waals surface area contributed by atoms with Crippen LogP contribution in [0.5, 0.6) is 5.75 Å². The van der Waals surface area contributed by atoms with Gasteiger partial charge in [0.1, 0.15) is 5.69 Å². The molecular formula is C15H12ClN2O2+. The molecule has 0 fully saturated rings. The largest absolute Gasteiger partial charge is 0.499 e. The van der Waals surface area contributed by atoms with Crippen LogP contribution in [0.15, 0.2) is 59.5 Å². The third-order valence-electron chi connectivity index (χ3n) is 3.18. The Bertz CT molecular complexity index is 828. The first-order valence-corrected chi connectivity index (χ1v) is 6.66. The van der Waals surface area contributed by atoms with Crippen LogP contribution in [-0.2, 0) is 5.88 Å². The van der Waals surface area contributed by atoms with E-state index in [0.29, 0.717) is 17.0 Å². The molecule has 3 aromatic rings. The van der Waals surface area contributed by atoms with E-state index in [1.807, 2.05) is 48.5 Å². The predicted octanol–water partition coefficient (Wildman–Crippen LogP) is 2.02. The van der Waals surface area contributed by atoms with Crippen molar-refractivity contribution in [3.8, 4) is 11.4 Å². The van der Waals surface area contributed by atoms with Crippen LogP contribution >= 0.6 is 11.6 Å². The Kier molecular flexibility index (Phi) is 3.16. The second-order valence-electron chi connectivity index (χ2n) is 4.33. The predicted molar refractivity (Wildman–Crippen MR) is 76.4 cm³/mol. The van der Waals surface area contributed by atoms with Gasteiger partial charge in [0.15, 0.2) is 5.69 Å². The van der Waals surface area contributed by atoms with Crippen LogP contribution in [0, 0.1) is 0 Å². The Morgan fingerprint density at radius 3 is 2.50 bits per heavy atom. The molecule has 3 rings (SSSR count). The van der Waals surface area contributed by atoms with Crippen molar-refractivity contribution in [2.24, 2.45) is 0 Å². The second-order valence-corrected chi connectivity index (χ2v) is 4.60. The molecule has 100 valence electrons. The van der Waals surface area contributed by atoms with Crippen LogP contribution in [0.4, 0.5) is 0 Å². The van der Waals surface area contributed by atoms with Gasteiger partial charge in [-0.3, -0.25) is 0 Å². The van der Waals surface area contributed by atoms with Crippen molar-refractivity contribution in [3.05, 3.63) is 70.8 Å². The van der Waals surface area contributed by atoms with Crippen LogP contribution in [0.1, 0.15) is 5.69 Å². The first kappa shape index (κ1) is 12.7. The van der Waals surface area contributed by atoms with Crippen molar-refractivity contribution in [2.45, 2.75) is 5.88 Å². The number of benzene rings is 1. The van der Waals surface area contributed by atoms with Crippen LogP contribution in [-0.4, -0.2) is 9.67 Å². The van der Waals surface area contributed by atoms with Crippen molar-refractivity contribution in [3.63, 3.8) is 0 Å². The molecule has 0 unspecified atom stereocenters. The minimum absolute atomic E-state index is 0.0574. The highest BCUT2D eigenvalue weighted by Crippen LogP contribution is 2.14. The molecule has 2 heterocycles. The van der Waals surface area contributed by atoms with E-state index in [9.17, 15) is 9.90 Å². The minimum Gasteiger partial charge on any atom is -0.499 e. The number of halogens is 1. The highest BCUT2D eigenvalue weighted by Gasteiger charge is 2.23. The second kappa shape index (κ2) is 4.98. The van der Waals surface area contributed by atoms with Gasteiger partial charge in [-0.15, -0.1) is 11.6 Å². The molecule has 0 bridgehead atoms. The van der Waals surface area contributed by atoms with E-state index in [1.54, 1.807) is 10.6 Å². The summed E-state index contributed by atoms with van der Waals surface area (Å²) in [5.41, 5.74) is 1.26. The molecule has 0 saturated carbocycles. The third kappa shape index (κ3) is 1.85. The van der Waals surface area contributed by atoms with E-state index in [2.05, 4.69) is 0 Å². The lowest BCUT2D eigenvalue weighted by molar-refractivity contribution is -0.525. The highest BCUT2D eigenvalue weighted by atomic mass is 35.5. The van der Waals surface area contributed by atoms with Gasteiger partial charge in [0.25, 0.3) is 11.4 Å². The molecule has 0 spiro atoms. The van der Waals surface area contributed by atoms with E-state index in [-0.39, 0.29) is 11.6 Å². The summed E-state index contributed by atoms with van der Waals surface area (Å²) in [5.74, 6) is -0.269. The van der Waals surface area contributed by atoms with E-state index in [0.717, 1.165) is 0 Å². The van der Waals surface area contributed by atoms with Crippen molar-refractivity contribution >= 4 is 17.2 Å². The minimum atomic E-state index is -0.474. The van der Waals surface area contributed by atoms with Gasteiger partial charge in [0.05, 0.1) is 12.1 Å². The van der Waals surface area contributed by atoms with E-state index in [1.165, 1.54) is 4.57 Å². The number of rotatable bonds is 2. The average Bonchev–Trinajstić information content (AvgIpc) is 2.50. The topological polar surface area (TPSA) is 46.3 Å². The zero-order valence-electron chi connectivity index (χ0n) is 10.5. The Morgan fingerprint density at radius 1 is 1.10 bits per heavy atom. The quantitative estimate of drug-likeness (QED) is 0.579. The summed E-state index contributed by atoms with van der Waals surface area (Å²) in [5, 5.41) is 10.1. The van der Waals surface area contributed by atoms with Crippen molar-refractivity contribution in [1.82, 2.24) is 4.57 Å². The number of hydrogen-bond donors (Lipinski definition) is 1. The molecule has 2 aromatic heterocycles. The number of pyridine rings is 1. The Labute approximate surface area is 120 Å². The van der Waals surface area contributed by atoms with E-state index >= 15 is 0 Å². The fourth-order valence-corrected chi connectivity index (χ4v) is 2.50. The fourth-order valence-electron chi connectivity index (χ4n) is 2.25. The SMILES string of the molecule is O=c1c(O)c(CCl)[n+]2ccccc2n1-c1ccccc1. The van der Waals surface area contributed by atoms with Crippen LogP contribution < -0.4 is 9.96 Å². The highest BCUT2D eigenvalue weighted by molar-refractivity contribution is 6.16. The van der Waals surface area contributed by atoms with Gasteiger partial charge in [-0.1, -0.05) is 24.3 Å². The zero-order valence-corrected chi connectivity index (χ0v) is 11.3. The molecular weight excluding hydrogens is 276 g/mol. The summed E-state index contributed by atoms with van der Waals surface area (Å²) in [7, 11) is 0. The smallest absolute Gasteiger partial charge is 0.385 e. The standard InChI is InChI=1S/C15H11ClN2O2/c16-10-12-14(19)15(20)18(11-6-2-1-3-7-11)13-8-4-5-9-17(12)13/h1-9H,10H2/p+1. The molecule has 5 heteroatoms. The molecule has 0 aliphatic heterocycles. The Balaban J connectivity index is 2.50. The van der Waals surface area contributed by atoms with Crippen LogP contribution in [0.3, 0.4) is 0 Å². The summed E-state index contributed by atoms with van der Waals surface area (Å²) in [6.07, 6.45) is 1.77. The van der Waals surface area contributed by atoms with Gasteiger partial charge in [0, 0.05) is 6.07 Å². The molecule has 0 radical (unpaired) electrons. The summed E-state index contributed by atoms with van der Waals surface area (Å²) < 4.78 is 3.18. The van der Waals surface area contributed by atoms with E-state index < -0.39 is 5.56 Å². The number of fused-ring (bicyclic) bond motifs is 1. The summed E-state index contributed by atoms with van der Waals surface area (Å²) in [6.45, 7) is 0. The number of hydrogen-bond acceptors (Lipinski definition) is 2. The molecule has 1 N–H and O–H groups in total. The number of para-hydroxylation sites is 1. The molecule has 1 aromatic carbocycles. The Hall–Kier alpha value is -2.33. The summed E-state index contributed by atoms with van der Waals surface area (Å²) in [4.78, 5) is 12.4. The molecule has 20 heavy (non-hydrogen) atoms. The zero-order chi connectivity index (χ0) is 14.1. The number of aromatic nitrogens is 2. The number of alkyl halides is 1. The summed E-state index contributed by atoms with van der Waals surface area (Å²) in [6, 6.07) is 14.6. The van der Waals surface area contributed by atoms with Gasteiger partial charge in [-0.2, -0.15) is 8.97 Å². The summed E-state index contributed by atoms with van der Waals surface area (Å²) >= 11 is 5.85. The monoisotopic (exact) mass is 287 g/mol. The van der Waals surface area contributed by atoms with Gasteiger partial charge >= 0.3 is 5.56 Å². The molecule has 0 saturated heterocycles. The molecule has 0 aliphatic rings. The van der Waals surface area contributed by atoms with Gasteiger partial charge in [0.2, 0.25) is 0 Å². The van der Waals surface area contributed by atoms with Gasteiger partial charge < -0.3 is 5.11 Å². The van der Waals surface area contributed by atoms with Crippen LogP contribution in [0.25, 0.3) is 11.3 Å². The lowest BCUT2D eigenvalue weighted by Gasteiger charge is -2.07. The van der Waals surface area contributed by atoms with Crippen molar-refractivity contribution in [1.29, 1.82) is 0 Å². The van der Waals surface area contributed by atoms with Gasteiger partial charge in [-0.05, 0) is 18.2 Å². The maximum Gasteiger partial charge on any atom is 0.385 e. The lowest BCUT2D eigenvalue weighted by Crippen LogP contribution is -2.36. The first-order valence-electron chi connectivity index (χ1n) is 6.12. The molecule has 0 atom stereocenters. The van der Waals surface area contributed by atoms with Crippen molar-refractivity contribution < 1.29 is 9.51 Å². The maximum atomic E-state index is 12.4. The first-order chi connectivity index (χ1) is 9.74. The Morgan fingerprint density at radius 2 is 1.80 bits per heavy atom. The number of aromatic hydroxyl groups is 1. The van der Waals surface area contributed by atoms with Gasteiger partial charge in [-0.25, -0.2) is 4.79 Å². The average molecular weight is 288 g/mol. The molecule has 0 amide bonds. The third-order valence-corrected chi connectivity index (χ3v) is 3.43. The normalized spacial score (nSPS) is 10.8. The molecule has 0 aliphatic carbocycles. The van der Waals surface area contributed by atoms with Crippen LogP contribution in [0.2, 0.25) is 0 Å². The maximum absolute atomic E-state index is 12.4.